The van der Waals surface area contributed by atoms with Crippen LogP contribution in [-0.2, 0) is 22.7 Å². The molecule has 43 heavy (non-hydrogen) atoms. The van der Waals surface area contributed by atoms with Gasteiger partial charge in [-0.25, -0.2) is 13.2 Å². The van der Waals surface area contributed by atoms with Crippen LogP contribution >= 0.6 is 11.6 Å². The second-order valence-corrected chi connectivity index (χ2v) is 11.3. The number of carbonyl (C=O) groups excluding carboxylic acids is 4. The van der Waals surface area contributed by atoms with Gasteiger partial charge in [-0.3, -0.25) is 19.2 Å². The number of hydrogen-bond donors (Lipinski definition) is 1. The van der Waals surface area contributed by atoms with Gasteiger partial charge >= 0.3 is 0 Å². The van der Waals surface area contributed by atoms with Crippen LogP contribution < -0.4 is 5.32 Å². The van der Waals surface area contributed by atoms with Crippen molar-refractivity contribution in [2.45, 2.75) is 65.1 Å². The fraction of sp³-hybridized carbons (Fsp3) is 0.419. The minimum Gasteiger partial charge on any atom is -0.350 e. The standard InChI is InChI=1S/C31H34ClF3N4O4/c1-4-19(2)39(16-27(41)36-14-22-7-5-8-25(32)29(22)33)28(42)17-38-15-24(20(3)40)23-13-21(9-10-26(23)38)30(43)37-12-6-11-31(34,35)18-37/h5,7-10,13,15,19H,4,6,11-12,14,16-18H2,1-3H3,(H,36,41). The van der Waals surface area contributed by atoms with Crippen LogP contribution in [-0.4, -0.2) is 69.5 Å². The largest absolute Gasteiger partial charge is 0.350 e. The number of hydrogen-bond acceptors (Lipinski definition) is 4. The Morgan fingerprint density at radius 3 is 2.58 bits per heavy atom. The lowest BCUT2D eigenvalue weighted by Crippen LogP contribution is -2.46. The van der Waals surface area contributed by atoms with Crippen LogP contribution in [0.4, 0.5) is 13.2 Å². The first-order valence-corrected chi connectivity index (χ1v) is 14.5. The molecule has 0 saturated carbocycles. The van der Waals surface area contributed by atoms with E-state index in [0.717, 1.165) is 4.90 Å². The van der Waals surface area contributed by atoms with Gasteiger partial charge in [0, 0.05) is 59.3 Å². The highest BCUT2D eigenvalue weighted by atomic mass is 35.5. The maximum Gasteiger partial charge on any atom is 0.265 e. The third kappa shape index (κ3) is 7.38. The van der Waals surface area contributed by atoms with Crippen molar-refractivity contribution in [3.63, 3.8) is 0 Å². The molecule has 1 N–H and O–H groups in total. The number of piperidine rings is 1. The van der Waals surface area contributed by atoms with Gasteiger partial charge < -0.3 is 19.7 Å². The highest BCUT2D eigenvalue weighted by molar-refractivity contribution is 6.30. The van der Waals surface area contributed by atoms with E-state index in [4.69, 9.17) is 11.6 Å². The maximum atomic E-state index is 14.2. The van der Waals surface area contributed by atoms with Gasteiger partial charge in [0.1, 0.15) is 12.4 Å². The molecule has 2 aromatic carbocycles. The predicted molar refractivity (Wildman–Crippen MR) is 157 cm³/mol. The van der Waals surface area contributed by atoms with Crippen LogP contribution in [0, 0.1) is 5.82 Å². The Hall–Kier alpha value is -3.86. The fourth-order valence-electron chi connectivity index (χ4n) is 5.20. The maximum absolute atomic E-state index is 14.2. The molecule has 230 valence electrons. The predicted octanol–water partition coefficient (Wildman–Crippen LogP) is 5.45. The van der Waals surface area contributed by atoms with E-state index in [1.807, 2.05) is 6.92 Å². The minimum atomic E-state index is -2.95. The number of fused-ring (bicyclic) bond motifs is 1. The second kappa shape index (κ2) is 13.2. The smallest absolute Gasteiger partial charge is 0.265 e. The highest BCUT2D eigenvalue weighted by Crippen LogP contribution is 2.29. The van der Waals surface area contributed by atoms with Gasteiger partial charge in [-0.1, -0.05) is 30.7 Å². The number of carbonyl (C=O) groups is 4. The number of benzene rings is 2. The van der Waals surface area contributed by atoms with Crippen molar-refractivity contribution in [3.05, 3.63) is 70.1 Å². The number of aromatic nitrogens is 1. The first-order valence-electron chi connectivity index (χ1n) is 14.1. The Bertz CT molecular complexity index is 1560. The Balaban J connectivity index is 1.53. The Kier molecular flexibility index (Phi) is 9.84. The van der Waals surface area contributed by atoms with Crippen molar-refractivity contribution in [2.75, 3.05) is 19.6 Å². The van der Waals surface area contributed by atoms with Crippen molar-refractivity contribution in [1.29, 1.82) is 0 Å². The lowest BCUT2D eigenvalue weighted by atomic mass is 10.0. The number of halogens is 4. The first-order chi connectivity index (χ1) is 20.3. The number of nitrogens with zero attached hydrogens (tertiary/aromatic N) is 3. The lowest BCUT2D eigenvalue weighted by molar-refractivity contribution is -0.138. The summed E-state index contributed by atoms with van der Waals surface area (Å²) in [6, 6.07) is 8.76. The number of likely N-dealkylation sites (tertiary alicyclic amines) is 1. The molecule has 2 heterocycles. The molecule has 3 amide bonds. The summed E-state index contributed by atoms with van der Waals surface area (Å²) in [6.45, 7) is 4.02. The molecule has 3 aromatic rings. The number of Topliss-reactive ketones (excluding diaryl/α,β-unsaturated/α-hetero) is 1. The minimum absolute atomic E-state index is 0.0587. The van der Waals surface area contributed by atoms with Crippen LogP contribution in [0.2, 0.25) is 5.02 Å². The molecule has 1 aliphatic rings. The zero-order valence-corrected chi connectivity index (χ0v) is 25.0. The van der Waals surface area contributed by atoms with E-state index < -0.39 is 30.1 Å². The average Bonchev–Trinajstić information content (AvgIpc) is 3.33. The van der Waals surface area contributed by atoms with Crippen molar-refractivity contribution in [2.24, 2.45) is 0 Å². The van der Waals surface area contributed by atoms with Crippen LogP contribution in [0.15, 0.2) is 42.6 Å². The number of nitrogens with one attached hydrogen (secondary N) is 1. The van der Waals surface area contributed by atoms with Crippen molar-refractivity contribution in [3.8, 4) is 0 Å². The molecule has 0 radical (unpaired) electrons. The van der Waals surface area contributed by atoms with Gasteiger partial charge in [-0.05, 0) is 51.0 Å². The average molecular weight is 619 g/mol. The van der Waals surface area contributed by atoms with E-state index in [-0.39, 0.29) is 78.5 Å². The Morgan fingerprint density at radius 2 is 1.91 bits per heavy atom. The van der Waals surface area contributed by atoms with Gasteiger partial charge in [-0.2, -0.15) is 0 Å². The molecule has 1 atom stereocenters. The van der Waals surface area contributed by atoms with Gasteiger partial charge in [0.25, 0.3) is 11.8 Å². The van der Waals surface area contributed by atoms with E-state index in [9.17, 15) is 32.3 Å². The molecule has 12 heteroatoms. The van der Waals surface area contributed by atoms with Gasteiger partial charge in [0.2, 0.25) is 11.8 Å². The zero-order chi connectivity index (χ0) is 31.5. The molecule has 0 aliphatic carbocycles. The molecule has 1 saturated heterocycles. The molecule has 1 aliphatic heterocycles. The van der Waals surface area contributed by atoms with Crippen LogP contribution in [0.5, 0.6) is 0 Å². The van der Waals surface area contributed by atoms with Crippen molar-refractivity contribution < 1.29 is 32.3 Å². The summed E-state index contributed by atoms with van der Waals surface area (Å²) in [4.78, 5) is 54.4. The SMILES string of the molecule is CCC(C)N(CC(=O)NCc1cccc(Cl)c1F)C(=O)Cn1cc(C(C)=O)c2cc(C(=O)N3CCCC(F)(F)C3)ccc21. The molecule has 0 spiro atoms. The van der Waals surface area contributed by atoms with Crippen molar-refractivity contribution >= 4 is 46.0 Å². The summed E-state index contributed by atoms with van der Waals surface area (Å²) in [5.74, 6) is -5.29. The van der Waals surface area contributed by atoms with E-state index in [1.54, 1.807) is 23.6 Å². The topological polar surface area (TPSA) is 91.7 Å². The number of ketones is 1. The third-order valence-electron chi connectivity index (χ3n) is 7.76. The summed E-state index contributed by atoms with van der Waals surface area (Å²) >= 11 is 5.81. The summed E-state index contributed by atoms with van der Waals surface area (Å²) < 4.78 is 43.7. The first kappa shape index (κ1) is 32.1. The fourth-order valence-corrected chi connectivity index (χ4v) is 5.39. The third-order valence-corrected chi connectivity index (χ3v) is 8.05. The van der Waals surface area contributed by atoms with Gasteiger partial charge in [0.15, 0.2) is 5.78 Å². The molecule has 1 fully saturated rings. The summed E-state index contributed by atoms with van der Waals surface area (Å²) in [7, 11) is 0. The van der Waals surface area contributed by atoms with Crippen LogP contribution in [0.3, 0.4) is 0 Å². The van der Waals surface area contributed by atoms with Gasteiger partial charge in [-0.15, -0.1) is 0 Å². The molecule has 0 bridgehead atoms. The Morgan fingerprint density at radius 1 is 1.16 bits per heavy atom. The summed E-state index contributed by atoms with van der Waals surface area (Å²) in [6.07, 6.45) is 2.01. The second-order valence-electron chi connectivity index (χ2n) is 10.9. The monoisotopic (exact) mass is 618 g/mol. The number of rotatable bonds is 10. The number of amides is 3. The van der Waals surface area contributed by atoms with Crippen molar-refractivity contribution in [1.82, 2.24) is 19.7 Å². The quantitative estimate of drug-likeness (QED) is 0.306. The lowest BCUT2D eigenvalue weighted by Gasteiger charge is -2.32. The zero-order valence-electron chi connectivity index (χ0n) is 24.3. The normalized spacial score (nSPS) is 15.3. The highest BCUT2D eigenvalue weighted by Gasteiger charge is 2.37. The molecule has 1 aromatic heterocycles. The van der Waals surface area contributed by atoms with E-state index in [2.05, 4.69) is 5.32 Å². The van der Waals surface area contributed by atoms with Gasteiger partial charge in [0.05, 0.1) is 18.1 Å². The van der Waals surface area contributed by atoms with E-state index in [0.29, 0.717) is 17.3 Å². The molecule has 8 nitrogen and oxygen atoms in total. The molecular weight excluding hydrogens is 585 g/mol. The van der Waals surface area contributed by atoms with Crippen LogP contribution in [0.1, 0.15) is 66.3 Å². The number of alkyl halides is 2. The van der Waals surface area contributed by atoms with Crippen LogP contribution in [0.25, 0.3) is 10.9 Å². The van der Waals surface area contributed by atoms with E-state index >= 15 is 0 Å². The Labute approximate surface area is 252 Å². The molecule has 1 unspecified atom stereocenters. The molecule has 4 rings (SSSR count). The summed E-state index contributed by atoms with van der Waals surface area (Å²) in [5.41, 5.74) is 1.16. The molecular formula is C31H34ClF3N4O4. The summed E-state index contributed by atoms with van der Waals surface area (Å²) in [5, 5.41) is 2.99. The van der Waals surface area contributed by atoms with E-state index in [1.165, 1.54) is 42.3 Å².